The maximum Gasteiger partial charge on any atom is 0.102 e. The number of hydrogen-bond acceptors (Lipinski definition) is 3. The molecule has 0 amide bonds. The lowest BCUT2D eigenvalue weighted by Crippen LogP contribution is -2.25. The number of aliphatic hydroxyl groups is 2. The number of fused-ring (bicyclic) bond motifs is 3. The minimum absolute atomic E-state index is 0.223. The maximum absolute atomic E-state index is 9.87. The van der Waals surface area contributed by atoms with Crippen molar-refractivity contribution in [2.75, 3.05) is 6.61 Å². The van der Waals surface area contributed by atoms with Crippen LogP contribution in [0.4, 0.5) is 0 Å². The van der Waals surface area contributed by atoms with Crippen LogP contribution in [0.15, 0.2) is 36.8 Å². The van der Waals surface area contributed by atoms with E-state index >= 15 is 0 Å². The van der Waals surface area contributed by atoms with Crippen molar-refractivity contribution in [3.63, 3.8) is 0 Å². The predicted octanol–water partition coefficient (Wildman–Crippen LogP) is 0.806. The van der Waals surface area contributed by atoms with Crippen molar-refractivity contribution in [1.29, 1.82) is 0 Å². The molecule has 3 rings (SSSR count). The van der Waals surface area contributed by atoms with Gasteiger partial charge in [-0.1, -0.05) is 24.3 Å². The third kappa shape index (κ3) is 1.14. The molecule has 2 atom stereocenters. The molecule has 0 radical (unpaired) electrons. The fourth-order valence-corrected chi connectivity index (χ4v) is 2.37. The van der Waals surface area contributed by atoms with Crippen LogP contribution in [0.5, 0.6) is 0 Å². The molecule has 1 aromatic carbocycles. The first kappa shape index (κ1) is 9.57. The Hall–Kier alpha value is -1.65. The van der Waals surface area contributed by atoms with E-state index in [1.165, 1.54) is 0 Å². The highest BCUT2D eigenvalue weighted by atomic mass is 16.3. The lowest BCUT2D eigenvalue weighted by molar-refractivity contribution is 0.0663. The van der Waals surface area contributed by atoms with E-state index in [9.17, 15) is 5.11 Å². The number of imidazole rings is 1. The molecule has 16 heavy (non-hydrogen) atoms. The Morgan fingerprint density at radius 3 is 3.00 bits per heavy atom. The molecule has 2 heterocycles. The van der Waals surface area contributed by atoms with Crippen LogP contribution in [-0.2, 0) is 0 Å². The Labute approximate surface area is 92.8 Å². The molecule has 0 spiro atoms. The van der Waals surface area contributed by atoms with E-state index in [4.69, 9.17) is 5.11 Å². The number of aliphatic hydroxyl groups excluding tert-OH is 2. The number of aromatic nitrogens is 2. The minimum Gasteiger partial charge on any atom is -0.394 e. The lowest BCUT2D eigenvalue weighted by atomic mass is 10.00. The molecule has 1 aliphatic heterocycles. The predicted molar refractivity (Wildman–Crippen MR) is 58.9 cm³/mol. The molecule has 2 aromatic rings. The van der Waals surface area contributed by atoms with E-state index in [2.05, 4.69) is 4.98 Å². The zero-order chi connectivity index (χ0) is 11.1. The van der Waals surface area contributed by atoms with Gasteiger partial charge in [-0.05, 0) is 5.56 Å². The first-order valence-electron chi connectivity index (χ1n) is 5.23. The molecule has 82 valence electrons. The van der Waals surface area contributed by atoms with Crippen molar-refractivity contribution in [3.05, 3.63) is 42.4 Å². The number of rotatable bonds is 2. The second kappa shape index (κ2) is 3.43. The highest BCUT2D eigenvalue weighted by molar-refractivity contribution is 5.69. The Balaban J connectivity index is 2.21. The van der Waals surface area contributed by atoms with Gasteiger partial charge >= 0.3 is 0 Å². The van der Waals surface area contributed by atoms with Crippen molar-refractivity contribution in [2.45, 2.75) is 12.1 Å². The summed E-state index contributed by atoms with van der Waals surface area (Å²) in [6.07, 6.45) is 2.68. The summed E-state index contributed by atoms with van der Waals surface area (Å²) in [4.78, 5) is 4.08. The molecular weight excluding hydrogens is 204 g/mol. The van der Waals surface area contributed by atoms with Gasteiger partial charge in [-0.3, -0.25) is 0 Å². The van der Waals surface area contributed by atoms with Crippen molar-refractivity contribution < 1.29 is 10.2 Å². The van der Waals surface area contributed by atoms with Gasteiger partial charge in [-0.2, -0.15) is 0 Å². The van der Waals surface area contributed by atoms with Gasteiger partial charge in [0.25, 0.3) is 0 Å². The summed E-state index contributed by atoms with van der Waals surface area (Å²) < 4.78 is 1.91. The maximum atomic E-state index is 9.87. The Kier molecular flexibility index (Phi) is 2.05. The zero-order valence-electron chi connectivity index (χ0n) is 8.61. The minimum atomic E-state index is -0.795. The molecule has 4 nitrogen and oxygen atoms in total. The fourth-order valence-electron chi connectivity index (χ4n) is 2.37. The topological polar surface area (TPSA) is 58.3 Å². The molecule has 0 fully saturated rings. The van der Waals surface area contributed by atoms with Crippen LogP contribution in [0.25, 0.3) is 11.3 Å². The molecule has 1 aliphatic rings. The zero-order valence-corrected chi connectivity index (χ0v) is 8.61. The summed E-state index contributed by atoms with van der Waals surface area (Å²) in [7, 11) is 0. The van der Waals surface area contributed by atoms with E-state index < -0.39 is 6.10 Å². The van der Waals surface area contributed by atoms with Crippen LogP contribution in [0.3, 0.4) is 0 Å². The van der Waals surface area contributed by atoms with Gasteiger partial charge in [0.05, 0.1) is 30.9 Å². The summed E-state index contributed by atoms with van der Waals surface area (Å²) in [6.45, 7) is -0.253. The molecule has 1 aromatic heterocycles. The fraction of sp³-hybridized carbons (Fsp3) is 0.250. The van der Waals surface area contributed by atoms with E-state index in [1.807, 2.05) is 28.8 Å². The van der Waals surface area contributed by atoms with Gasteiger partial charge in [-0.15, -0.1) is 0 Å². The third-order valence-electron chi connectivity index (χ3n) is 3.07. The molecule has 0 aliphatic carbocycles. The summed E-state index contributed by atoms with van der Waals surface area (Å²) >= 11 is 0. The average molecular weight is 216 g/mol. The van der Waals surface area contributed by atoms with E-state index in [-0.39, 0.29) is 12.6 Å². The van der Waals surface area contributed by atoms with Crippen LogP contribution >= 0.6 is 0 Å². The summed E-state index contributed by atoms with van der Waals surface area (Å²) in [5.74, 6) is 0. The first-order chi connectivity index (χ1) is 7.83. The van der Waals surface area contributed by atoms with Gasteiger partial charge in [-0.25, -0.2) is 4.98 Å². The van der Waals surface area contributed by atoms with Gasteiger partial charge in [0.1, 0.15) is 6.10 Å². The standard InChI is InChI=1S/C12H12N2O2/c15-6-11(16)12-9-4-2-1-3-8(9)10-5-13-7-14(10)12/h1-5,7,11-12,15-16H,6H2/t11-,12+/m0/s1. The Morgan fingerprint density at radius 2 is 2.19 bits per heavy atom. The summed E-state index contributed by atoms with van der Waals surface area (Å²) in [6, 6.07) is 7.66. The normalized spacial score (nSPS) is 19.2. The van der Waals surface area contributed by atoms with Gasteiger partial charge in [0.15, 0.2) is 0 Å². The quantitative estimate of drug-likeness (QED) is 0.781. The second-order valence-corrected chi connectivity index (χ2v) is 3.97. The summed E-state index contributed by atoms with van der Waals surface area (Å²) in [5, 5.41) is 19.0. The van der Waals surface area contributed by atoms with E-state index in [0.29, 0.717) is 0 Å². The van der Waals surface area contributed by atoms with Crippen molar-refractivity contribution in [3.8, 4) is 11.3 Å². The first-order valence-corrected chi connectivity index (χ1v) is 5.23. The van der Waals surface area contributed by atoms with Crippen molar-refractivity contribution in [2.24, 2.45) is 0 Å². The SMILES string of the molecule is OC[C@H](O)[C@H]1c2ccccc2-c2cncn21. The largest absolute Gasteiger partial charge is 0.394 e. The Bertz CT molecular complexity index is 521. The molecule has 2 N–H and O–H groups in total. The second-order valence-electron chi connectivity index (χ2n) is 3.97. The number of hydrogen-bond donors (Lipinski definition) is 2. The average Bonchev–Trinajstić information content (AvgIpc) is 2.87. The molecular formula is C12H12N2O2. The van der Waals surface area contributed by atoms with Crippen molar-refractivity contribution >= 4 is 0 Å². The number of nitrogens with zero attached hydrogens (tertiary/aromatic N) is 2. The molecule has 4 heteroatoms. The van der Waals surface area contributed by atoms with Gasteiger partial charge in [0.2, 0.25) is 0 Å². The Morgan fingerprint density at radius 1 is 1.38 bits per heavy atom. The lowest BCUT2D eigenvalue weighted by Gasteiger charge is -2.19. The van der Waals surface area contributed by atoms with Crippen LogP contribution in [-0.4, -0.2) is 32.5 Å². The van der Waals surface area contributed by atoms with E-state index in [0.717, 1.165) is 16.8 Å². The highest BCUT2D eigenvalue weighted by Gasteiger charge is 2.32. The monoisotopic (exact) mass is 216 g/mol. The summed E-state index contributed by atoms with van der Waals surface area (Å²) in [5.41, 5.74) is 3.12. The molecule has 0 bridgehead atoms. The van der Waals surface area contributed by atoms with E-state index in [1.54, 1.807) is 12.5 Å². The van der Waals surface area contributed by atoms with Crippen LogP contribution in [0.2, 0.25) is 0 Å². The van der Waals surface area contributed by atoms with Crippen molar-refractivity contribution in [1.82, 2.24) is 9.55 Å². The van der Waals surface area contributed by atoms with Gasteiger partial charge < -0.3 is 14.8 Å². The third-order valence-corrected chi connectivity index (χ3v) is 3.07. The molecule has 0 saturated carbocycles. The molecule has 0 saturated heterocycles. The van der Waals surface area contributed by atoms with Crippen LogP contribution in [0.1, 0.15) is 11.6 Å². The highest BCUT2D eigenvalue weighted by Crippen LogP contribution is 2.40. The van der Waals surface area contributed by atoms with Gasteiger partial charge in [0, 0.05) is 5.56 Å². The van der Waals surface area contributed by atoms with Crippen LogP contribution in [0, 0.1) is 0 Å². The smallest absolute Gasteiger partial charge is 0.102 e. The van der Waals surface area contributed by atoms with Crippen LogP contribution < -0.4 is 0 Å². The number of benzene rings is 1. The molecule has 0 unspecified atom stereocenters.